The SMILES string of the molecule is CC[C@@H]1Cc2cc(OCc3ccccc3)ccc2C(c2c(F)cc(O/C3=C/CCCCNCCC3)cc2F)N1CC(F)(F)F. The maximum absolute atomic E-state index is 16.0. The van der Waals surface area contributed by atoms with E-state index in [1.54, 1.807) is 25.1 Å². The highest BCUT2D eigenvalue weighted by Gasteiger charge is 2.43. The average Bonchev–Trinajstić information content (AvgIpc) is 2.99. The first-order chi connectivity index (χ1) is 21.2. The number of nitrogens with zero attached hydrogens (tertiary/aromatic N) is 1. The van der Waals surface area contributed by atoms with Gasteiger partial charge < -0.3 is 14.8 Å². The molecule has 44 heavy (non-hydrogen) atoms. The molecule has 2 heterocycles. The van der Waals surface area contributed by atoms with Gasteiger partial charge in [0, 0.05) is 30.2 Å². The van der Waals surface area contributed by atoms with Crippen molar-refractivity contribution in [2.45, 2.75) is 76.7 Å². The number of ether oxygens (including phenoxy) is 2. The van der Waals surface area contributed by atoms with E-state index in [-0.39, 0.29) is 5.75 Å². The summed E-state index contributed by atoms with van der Waals surface area (Å²) in [7, 11) is 0. The number of halogens is 5. The number of fused-ring (bicyclic) bond motifs is 1. The van der Waals surface area contributed by atoms with Crippen molar-refractivity contribution in [2.75, 3.05) is 19.6 Å². The molecule has 0 saturated carbocycles. The largest absolute Gasteiger partial charge is 0.489 e. The first-order valence-corrected chi connectivity index (χ1v) is 15.4. The van der Waals surface area contributed by atoms with E-state index < -0.39 is 42.0 Å². The van der Waals surface area contributed by atoms with Crippen molar-refractivity contribution in [3.63, 3.8) is 0 Å². The van der Waals surface area contributed by atoms with Gasteiger partial charge in [0.25, 0.3) is 0 Å². The topological polar surface area (TPSA) is 33.7 Å². The molecule has 4 nitrogen and oxygen atoms in total. The second-order valence-corrected chi connectivity index (χ2v) is 11.5. The van der Waals surface area contributed by atoms with E-state index in [0.29, 0.717) is 48.5 Å². The molecule has 0 saturated heterocycles. The minimum absolute atomic E-state index is 0.00451. The van der Waals surface area contributed by atoms with Crippen molar-refractivity contribution >= 4 is 0 Å². The molecule has 0 amide bonds. The summed E-state index contributed by atoms with van der Waals surface area (Å²) in [5.74, 6) is -0.701. The molecule has 0 aromatic heterocycles. The van der Waals surface area contributed by atoms with E-state index >= 15 is 8.78 Å². The minimum Gasteiger partial charge on any atom is -0.489 e. The highest BCUT2D eigenvalue weighted by atomic mass is 19.4. The predicted molar refractivity (Wildman–Crippen MR) is 161 cm³/mol. The Labute approximate surface area is 255 Å². The minimum atomic E-state index is -4.56. The molecule has 2 aliphatic heterocycles. The Morgan fingerprint density at radius 1 is 0.909 bits per heavy atom. The molecular formula is C35H39F5N2O2. The van der Waals surface area contributed by atoms with Crippen LogP contribution >= 0.6 is 0 Å². The van der Waals surface area contributed by atoms with Crippen LogP contribution in [0.3, 0.4) is 0 Å². The number of hydrogen-bond acceptors (Lipinski definition) is 4. The zero-order chi connectivity index (χ0) is 31.1. The van der Waals surface area contributed by atoms with Gasteiger partial charge in [0.05, 0.1) is 12.6 Å². The summed E-state index contributed by atoms with van der Waals surface area (Å²) in [6.45, 7) is 2.59. The van der Waals surface area contributed by atoms with E-state index in [4.69, 9.17) is 9.47 Å². The van der Waals surface area contributed by atoms with Crippen LogP contribution in [0.2, 0.25) is 0 Å². The van der Waals surface area contributed by atoms with E-state index in [1.165, 1.54) is 4.90 Å². The van der Waals surface area contributed by atoms with Crippen LogP contribution in [0.1, 0.15) is 73.7 Å². The van der Waals surface area contributed by atoms with Crippen LogP contribution in [0.25, 0.3) is 0 Å². The van der Waals surface area contributed by atoms with E-state index in [2.05, 4.69) is 5.32 Å². The van der Waals surface area contributed by atoms with Crippen molar-refractivity contribution < 1.29 is 31.4 Å². The van der Waals surface area contributed by atoms with E-state index in [1.807, 2.05) is 36.4 Å². The molecule has 5 rings (SSSR count). The van der Waals surface area contributed by atoms with E-state index in [9.17, 15) is 13.2 Å². The van der Waals surface area contributed by atoms with Crippen molar-refractivity contribution in [3.8, 4) is 11.5 Å². The van der Waals surface area contributed by atoms with Crippen LogP contribution in [0, 0.1) is 11.6 Å². The van der Waals surface area contributed by atoms with Gasteiger partial charge in [-0.2, -0.15) is 13.2 Å². The maximum atomic E-state index is 16.0. The normalized spacial score (nSPS) is 21.2. The zero-order valence-corrected chi connectivity index (χ0v) is 24.9. The molecule has 0 radical (unpaired) electrons. The Morgan fingerprint density at radius 2 is 1.66 bits per heavy atom. The molecule has 3 aromatic carbocycles. The lowest BCUT2D eigenvalue weighted by atomic mass is 9.83. The molecule has 9 heteroatoms. The summed E-state index contributed by atoms with van der Waals surface area (Å²) in [4.78, 5) is 1.19. The van der Waals surface area contributed by atoms with Crippen molar-refractivity contribution in [1.82, 2.24) is 10.2 Å². The molecule has 1 N–H and O–H groups in total. The number of allylic oxidation sites excluding steroid dienone is 2. The van der Waals surface area contributed by atoms with Gasteiger partial charge >= 0.3 is 6.18 Å². The number of rotatable bonds is 8. The molecule has 0 spiro atoms. The third-order valence-corrected chi connectivity index (χ3v) is 8.28. The third kappa shape index (κ3) is 8.18. The van der Waals surface area contributed by atoms with Crippen LogP contribution in [0.15, 0.2) is 72.5 Å². The lowest BCUT2D eigenvalue weighted by Crippen LogP contribution is -2.48. The van der Waals surface area contributed by atoms with Gasteiger partial charge in [0.15, 0.2) is 0 Å². The summed E-state index contributed by atoms with van der Waals surface area (Å²) >= 11 is 0. The standard InChI is InChI=1S/C35H39F5N2O2/c1-2-26-18-25-19-28(43-22-24-10-5-3-6-11-24)14-15-30(25)34(42(26)23-35(38,39)40)33-31(36)20-29(21-32(33)37)44-27-12-7-4-8-16-41-17-9-13-27/h3,5-6,10-12,14-15,19-21,26,34,41H,2,4,7-9,13,16-18,22-23H2,1H3/b27-12+/t26-,34?/m1/s1. The highest BCUT2D eigenvalue weighted by molar-refractivity contribution is 5.46. The smallest absolute Gasteiger partial charge is 0.401 e. The second kappa shape index (κ2) is 14.6. The predicted octanol–water partition coefficient (Wildman–Crippen LogP) is 8.65. The Bertz CT molecular complexity index is 1400. The van der Waals surface area contributed by atoms with E-state index in [0.717, 1.165) is 56.5 Å². The van der Waals surface area contributed by atoms with Crippen LogP contribution in [-0.2, 0) is 13.0 Å². The van der Waals surface area contributed by atoms with Gasteiger partial charge in [-0.3, -0.25) is 4.90 Å². The van der Waals surface area contributed by atoms with Gasteiger partial charge in [0.2, 0.25) is 0 Å². The van der Waals surface area contributed by atoms with Gasteiger partial charge in [-0.25, -0.2) is 8.78 Å². The van der Waals surface area contributed by atoms with Gasteiger partial charge in [-0.05, 0) is 86.5 Å². The highest BCUT2D eigenvalue weighted by Crippen LogP contribution is 2.44. The van der Waals surface area contributed by atoms with Crippen LogP contribution < -0.4 is 14.8 Å². The van der Waals surface area contributed by atoms with Crippen LogP contribution in [-0.4, -0.2) is 36.8 Å². The van der Waals surface area contributed by atoms with Gasteiger partial charge in [0.1, 0.15) is 35.5 Å². The summed E-state index contributed by atoms with van der Waals surface area (Å²) in [6.07, 6.45) is 2.28. The number of alkyl halides is 3. The molecular weight excluding hydrogens is 575 g/mol. The summed E-state index contributed by atoms with van der Waals surface area (Å²) in [5, 5.41) is 3.36. The molecule has 2 aliphatic rings. The number of hydrogen-bond donors (Lipinski definition) is 1. The van der Waals surface area contributed by atoms with Crippen LogP contribution in [0.4, 0.5) is 22.0 Å². The van der Waals surface area contributed by atoms with Crippen molar-refractivity contribution in [2.24, 2.45) is 0 Å². The lowest BCUT2D eigenvalue weighted by molar-refractivity contribution is -0.156. The fraction of sp³-hybridized carbons (Fsp3) is 0.429. The van der Waals surface area contributed by atoms with Crippen molar-refractivity contribution in [3.05, 3.63) is 106 Å². The Morgan fingerprint density at radius 3 is 2.39 bits per heavy atom. The molecule has 3 aromatic rings. The Hall–Kier alpha value is -3.43. The van der Waals surface area contributed by atoms with Crippen LogP contribution in [0.5, 0.6) is 11.5 Å². The monoisotopic (exact) mass is 614 g/mol. The first-order valence-electron chi connectivity index (χ1n) is 15.4. The lowest BCUT2D eigenvalue weighted by Gasteiger charge is -2.43. The Balaban J connectivity index is 1.48. The quantitative estimate of drug-likeness (QED) is 0.258. The molecule has 2 atom stereocenters. The van der Waals surface area contributed by atoms with Gasteiger partial charge in [-0.1, -0.05) is 43.3 Å². The number of benzene rings is 3. The molecule has 0 aliphatic carbocycles. The summed E-state index contributed by atoms with van der Waals surface area (Å²) < 4.78 is 85.5. The second-order valence-electron chi connectivity index (χ2n) is 11.5. The van der Waals surface area contributed by atoms with Gasteiger partial charge in [-0.15, -0.1) is 0 Å². The molecule has 236 valence electrons. The molecule has 1 unspecified atom stereocenters. The average molecular weight is 615 g/mol. The number of nitrogens with one attached hydrogen (secondary N) is 1. The van der Waals surface area contributed by atoms with Crippen molar-refractivity contribution in [1.29, 1.82) is 0 Å². The third-order valence-electron chi connectivity index (χ3n) is 8.28. The zero-order valence-electron chi connectivity index (χ0n) is 24.9. The first kappa shape index (κ1) is 32.0. The fourth-order valence-electron chi connectivity index (χ4n) is 6.14. The summed E-state index contributed by atoms with van der Waals surface area (Å²) in [5.41, 5.74) is 1.70. The Kier molecular flexibility index (Phi) is 10.6. The molecule has 0 bridgehead atoms. The maximum Gasteiger partial charge on any atom is 0.401 e. The summed E-state index contributed by atoms with van der Waals surface area (Å²) in [6, 6.07) is 15.0. The molecule has 0 fully saturated rings. The fourth-order valence-corrected chi connectivity index (χ4v) is 6.14.